The van der Waals surface area contributed by atoms with Crippen molar-refractivity contribution < 1.29 is 14.6 Å². The second-order valence-electron chi connectivity index (χ2n) is 12.9. The van der Waals surface area contributed by atoms with Gasteiger partial charge in [-0.3, -0.25) is 0 Å². The van der Waals surface area contributed by atoms with Gasteiger partial charge in [0, 0.05) is 35.8 Å². The normalized spacial score (nSPS) is 15.0. The topological polar surface area (TPSA) is 74.7 Å². The summed E-state index contributed by atoms with van der Waals surface area (Å²) in [6.45, 7) is 11.4. The number of nitrogens with zero attached hydrogens (tertiary/aromatic N) is 2. The summed E-state index contributed by atoms with van der Waals surface area (Å²) in [7, 11) is 0. The van der Waals surface area contributed by atoms with Crippen LogP contribution in [0.1, 0.15) is 60.3 Å². The summed E-state index contributed by atoms with van der Waals surface area (Å²) >= 11 is 7.81. The van der Waals surface area contributed by atoms with Gasteiger partial charge in [0.1, 0.15) is 0 Å². The zero-order valence-corrected chi connectivity index (χ0v) is 28.3. The van der Waals surface area contributed by atoms with E-state index in [1.807, 2.05) is 58.0 Å². The SMILES string of the molecule is Cc1cc2nc(N3CCc4ccccc4C3)sc2c(-c2ccc(Cl)cc2)c1[C@H](OC(C)(C)C)C(=O)O.c1ccc2c(c1)CCNC2. The third-order valence-corrected chi connectivity index (χ3v) is 9.81. The smallest absolute Gasteiger partial charge is 0.337 e. The van der Waals surface area contributed by atoms with Crippen molar-refractivity contribution in [1.82, 2.24) is 10.3 Å². The largest absolute Gasteiger partial charge is 0.479 e. The molecule has 0 spiro atoms. The van der Waals surface area contributed by atoms with Gasteiger partial charge in [-0.2, -0.15) is 0 Å². The summed E-state index contributed by atoms with van der Waals surface area (Å²) in [5.41, 5.74) is 9.15. The number of carboxylic acid groups (broad SMARTS) is 1. The number of nitrogens with one attached hydrogen (secondary N) is 1. The lowest BCUT2D eigenvalue weighted by molar-refractivity contribution is -0.160. The van der Waals surface area contributed by atoms with E-state index >= 15 is 0 Å². The highest BCUT2D eigenvalue weighted by molar-refractivity contribution is 7.22. The Morgan fingerprint density at radius 3 is 2.28 bits per heavy atom. The molecule has 0 saturated carbocycles. The lowest BCUT2D eigenvalue weighted by atomic mass is 9.91. The highest BCUT2D eigenvalue weighted by Gasteiger charge is 2.32. The number of carbonyl (C=O) groups is 1. The maximum atomic E-state index is 12.5. The van der Waals surface area contributed by atoms with Crippen molar-refractivity contribution in [2.45, 2.75) is 65.3 Å². The molecule has 6 nitrogen and oxygen atoms in total. The van der Waals surface area contributed by atoms with Gasteiger partial charge < -0.3 is 20.1 Å². The van der Waals surface area contributed by atoms with Crippen LogP contribution in [0, 0.1) is 6.92 Å². The number of aryl methyl sites for hydroxylation is 1. The number of rotatable bonds is 5. The molecule has 0 amide bonds. The van der Waals surface area contributed by atoms with Crippen LogP contribution in [0.2, 0.25) is 5.02 Å². The Kier molecular flexibility index (Phi) is 9.48. The minimum Gasteiger partial charge on any atom is -0.479 e. The van der Waals surface area contributed by atoms with Gasteiger partial charge in [0.05, 0.1) is 15.8 Å². The molecule has 8 heteroatoms. The maximum Gasteiger partial charge on any atom is 0.337 e. The third-order valence-electron chi connectivity index (χ3n) is 8.41. The van der Waals surface area contributed by atoms with Crippen molar-refractivity contribution in [1.29, 1.82) is 0 Å². The van der Waals surface area contributed by atoms with Crippen LogP contribution in [0.25, 0.3) is 21.3 Å². The van der Waals surface area contributed by atoms with Crippen LogP contribution < -0.4 is 10.2 Å². The standard InChI is InChI=1S/C29H29ClN2O3S.C9H11N/c1-17-15-22-26(36-28(31-22)32-14-13-18-7-5-6-8-20(18)16-32)24(19-9-11-21(30)12-10-19)23(17)25(27(33)34)35-29(2,3)4;1-2-4-9-7-10-6-5-8(9)3-1/h5-12,15,25H,13-14,16H2,1-4H3,(H,33,34);1-4,10H,5-7H2/t25-;/m0./s1. The van der Waals surface area contributed by atoms with Gasteiger partial charge in [0.15, 0.2) is 11.2 Å². The molecule has 0 radical (unpaired) electrons. The fraction of sp³-hybridized carbons (Fsp3) is 0.316. The van der Waals surface area contributed by atoms with Crippen LogP contribution in [-0.4, -0.2) is 34.8 Å². The van der Waals surface area contributed by atoms with Crippen molar-refractivity contribution >= 4 is 44.3 Å². The van der Waals surface area contributed by atoms with E-state index in [1.54, 1.807) is 11.3 Å². The van der Waals surface area contributed by atoms with Gasteiger partial charge in [-0.25, -0.2) is 9.78 Å². The summed E-state index contributed by atoms with van der Waals surface area (Å²) in [4.78, 5) is 19.8. The molecule has 46 heavy (non-hydrogen) atoms. The van der Waals surface area contributed by atoms with E-state index < -0.39 is 17.7 Å². The Hall–Kier alpha value is -3.75. The lowest BCUT2D eigenvalue weighted by Gasteiger charge is -2.28. The fourth-order valence-electron chi connectivity index (χ4n) is 6.24. The molecule has 7 rings (SSSR count). The number of fused-ring (bicyclic) bond motifs is 3. The molecule has 0 aliphatic carbocycles. The Morgan fingerprint density at radius 1 is 0.978 bits per heavy atom. The van der Waals surface area contributed by atoms with Crippen molar-refractivity contribution in [3.8, 4) is 11.1 Å². The number of aliphatic carboxylic acids is 1. The number of halogens is 1. The van der Waals surface area contributed by atoms with Crippen LogP contribution in [-0.2, 0) is 35.5 Å². The van der Waals surface area contributed by atoms with Crippen LogP contribution in [0.15, 0.2) is 78.9 Å². The zero-order chi connectivity index (χ0) is 32.4. The summed E-state index contributed by atoms with van der Waals surface area (Å²) in [6.07, 6.45) is 1.05. The molecular weight excluding hydrogens is 614 g/mol. The van der Waals surface area contributed by atoms with Crippen molar-refractivity contribution in [2.24, 2.45) is 0 Å². The minimum absolute atomic E-state index is 0.627. The molecule has 0 fully saturated rings. The maximum absolute atomic E-state index is 12.5. The molecule has 2 aliphatic rings. The highest BCUT2D eigenvalue weighted by Crippen LogP contribution is 2.44. The average Bonchev–Trinajstić information content (AvgIpc) is 3.47. The number of thiazole rings is 1. The first-order valence-electron chi connectivity index (χ1n) is 15.8. The molecular formula is C38H40ClN3O3S. The molecule has 0 unspecified atom stereocenters. The molecule has 2 aliphatic heterocycles. The molecule has 0 saturated heterocycles. The second-order valence-corrected chi connectivity index (χ2v) is 14.3. The molecule has 2 N–H and O–H groups in total. The first-order valence-corrected chi connectivity index (χ1v) is 17.0. The number of anilines is 1. The number of hydrogen-bond donors (Lipinski definition) is 2. The Labute approximate surface area is 280 Å². The number of hydrogen-bond acceptors (Lipinski definition) is 6. The molecule has 0 bridgehead atoms. The predicted molar refractivity (Wildman–Crippen MR) is 189 cm³/mol. The Bertz CT molecular complexity index is 1840. The number of carboxylic acids is 1. The molecule has 238 valence electrons. The fourth-order valence-corrected chi connectivity index (χ4v) is 7.52. The highest BCUT2D eigenvalue weighted by atomic mass is 35.5. The van der Waals surface area contributed by atoms with Gasteiger partial charge >= 0.3 is 5.97 Å². The second kappa shape index (κ2) is 13.5. The summed E-state index contributed by atoms with van der Waals surface area (Å²) in [5.74, 6) is -1.01. The van der Waals surface area contributed by atoms with Crippen molar-refractivity contribution in [2.75, 3.05) is 18.0 Å². The van der Waals surface area contributed by atoms with E-state index in [9.17, 15) is 9.90 Å². The molecule has 4 aromatic carbocycles. The van der Waals surface area contributed by atoms with Gasteiger partial charge in [0.2, 0.25) is 0 Å². The van der Waals surface area contributed by atoms with Crippen molar-refractivity contribution in [3.05, 3.63) is 117 Å². The predicted octanol–water partition coefficient (Wildman–Crippen LogP) is 8.76. The first-order chi connectivity index (χ1) is 22.1. The van der Waals surface area contributed by atoms with Crippen LogP contribution in [0.3, 0.4) is 0 Å². The number of ether oxygens (including phenoxy) is 1. The van der Waals surface area contributed by atoms with Gasteiger partial charge in [-0.15, -0.1) is 0 Å². The van der Waals surface area contributed by atoms with Crippen molar-refractivity contribution in [3.63, 3.8) is 0 Å². The summed E-state index contributed by atoms with van der Waals surface area (Å²) in [6, 6.07) is 26.7. The van der Waals surface area contributed by atoms with E-state index in [0.29, 0.717) is 10.6 Å². The Morgan fingerprint density at radius 2 is 1.63 bits per heavy atom. The van der Waals surface area contributed by atoms with Gasteiger partial charge in [-0.05, 0) is 98.7 Å². The van der Waals surface area contributed by atoms with E-state index in [0.717, 1.165) is 64.6 Å². The van der Waals surface area contributed by atoms with E-state index in [2.05, 4.69) is 58.7 Å². The molecule has 1 aromatic heterocycles. The molecule has 3 heterocycles. The quantitative estimate of drug-likeness (QED) is 0.198. The average molecular weight is 654 g/mol. The summed E-state index contributed by atoms with van der Waals surface area (Å²) < 4.78 is 7.07. The summed E-state index contributed by atoms with van der Waals surface area (Å²) in [5, 5.41) is 15.1. The first kappa shape index (κ1) is 32.2. The van der Waals surface area contributed by atoms with Gasteiger partial charge in [-0.1, -0.05) is 83.6 Å². The molecule has 5 aromatic rings. The van der Waals surface area contributed by atoms with E-state index in [1.165, 1.54) is 28.7 Å². The van der Waals surface area contributed by atoms with Crippen LogP contribution >= 0.6 is 22.9 Å². The Balaban J connectivity index is 0.000000314. The van der Waals surface area contributed by atoms with E-state index in [-0.39, 0.29) is 0 Å². The number of benzene rings is 4. The zero-order valence-electron chi connectivity index (χ0n) is 26.8. The number of aromatic nitrogens is 1. The molecule has 1 atom stereocenters. The lowest BCUT2D eigenvalue weighted by Crippen LogP contribution is -2.30. The third kappa shape index (κ3) is 7.13. The monoisotopic (exact) mass is 653 g/mol. The van der Waals surface area contributed by atoms with Crippen LogP contribution in [0.5, 0.6) is 0 Å². The minimum atomic E-state index is -1.12. The van der Waals surface area contributed by atoms with Gasteiger partial charge in [0.25, 0.3) is 0 Å². The van der Waals surface area contributed by atoms with Crippen LogP contribution in [0.4, 0.5) is 5.13 Å². The van der Waals surface area contributed by atoms with E-state index in [4.69, 9.17) is 21.3 Å².